The van der Waals surface area contributed by atoms with E-state index in [2.05, 4.69) is 102 Å². The summed E-state index contributed by atoms with van der Waals surface area (Å²) in [5, 5.41) is 7.12. The van der Waals surface area contributed by atoms with Crippen LogP contribution in [0.2, 0.25) is 0 Å². The molecule has 0 amide bonds. The minimum Gasteiger partial charge on any atom is -0.253 e. The number of hydrogen-bond acceptors (Lipinski definition) is 5. The van der Waals surface area contributed by atoms with Crippen molar-refractivity contribution in [1.82, 2.24) is 19.9 Å². The van der Waals surface area contributed by atoms with Crippen molar-refractivity contribution >= 4 is 53.1 Å². The lowest BCUT2D eigenvalue weighted by molar-refractivity contribution is 1.06. The van der Waals surface area contributed by atoms with Gasteiger partial charge in [-0.15, -0.1) is 11.3 Å². The summed E-state index contributed by atoms with van der Waals surface area (Å²) < 4.78 is 2.53. The van der Waals surface area contributed by atoms with Gasteiger partial charge in [0.25, 0.3) is 0 Å². The number of pyridine rings is 1. The molecule has 0 saturated heterocycles. The average molecular weight is 517 g/mol. The van der Waals surface area contributed by atoms with Gasteiger partial charge in [-0.3, -0.25) is 4.98 Å². The molecule has 39 heavy (non-hydrogen) atoms. The Morgan fingerprint density at radius 1 is 0.487 bits per heavy atom. The van der Waals surface area contributed by atoms with Crippen LogP contribution in [0, 0.1) is 0 Å². The predicted molar refractivity (Wildman–Crippen MR) is 162 cm³/mol. The van der Waals surface area contributed by atoms with Crippen molar-refractivity contribution in [3.05, 3.63) is 121 Å². The van der Waals surface area contributed by atoms with E-state index in [4.69, 9.17) is 15.0 Å². The second-order valence-electron chi connectivity index (χ2n) is 9.52. The Morgan fingerprint density at radius 2 is 1.23 bits per heavy atom. The van der Waals surface area contributed by atoms with Gasteiger partial charge in [0.2, 0.25) is 0 Å². The third kappa shape index (κ3) is 3.67. The summed E-state index contributed by atoms with van der Waals surface area (Å²) in [5.41, 5.74) is 2.65. The molecule has 0 aliphatic carbocycles. The van der Waals surface area contributed by atoms with Gasteiger partial charge in [-0.2, -0.15) is 0 Å². The first-order chi connectivity index (χ1) is 19.3. The Bertz CT molecular complexity index is 2180. The van der Waals surface area contributed by atoms with E-state index in [1.54, 1.807) is 17.5 Å². The molecule has 0 N–H and O–H groups in total. The van der Waals surface area contributed by atoms with E-state index in [0.29, 0.717) is 17.5 Å². The van der Waals surface area contributed by atoms with Crippen LogP contribution in [-0.2, 0) is 0 Å². The lowest BCUT2D eigenvalue weighted by Crippen LogP contribution is -2.01. The normalized spacial score (nSPS) is 11.6. The van der Waals surface area contributed by atoms with Gasteiger partial charge in [0, 0.05) is 42.9 Å². The van der Waals surface area contributed by atoms with Crippen molar-refractivity contribution in [2.24, 2.45) is 0 Å². The Morgan fingerprint density at radius 3 is 2.15 bits per heavy atom. The van der Waals surface area contributed by atoms with E-state index in [1.165, 1.54) is 30.9 Å². The summed E-state index contributed by atoms with van der Waals surface area (Å²) in [4.78, 5) is 19.6. The van der Waals surface area contributed by atoms with Gasteiger partial charge in [-0.05, 0) is 52.6 Å². The zero-order chi connectivity index (χ0) is 25.8. The summed E-state index contributed by atoms with van der Waals surface area (Å²) in [6, 6.07) is 39.9. The molecule has 5 aromatic carbocycles. The molecular weight excluding hydrogens is 496 g/mol. The molecule has 3 heterocycles. The van der Waals surface area contributed by atoms with Crippen LogP contribution in [0.5, 0.6) is 0 Å². The van der Waals surface area contributed by atoms with Crippen molar-refractivity contribution < 1.29 is 0 Å². The minimum atomic E-state index is 0.558. The number of thiophene rings is 1. The molecule has 0 radical (unpaired) electrons. The first-order valence-electron chi connectivity index (χ1n) is 12.8. The fourth-order valence-corrected chi connectivity index (χ4v) is 6.43. The number of rotatable bonds is 3. The Kier molecular flexibility index (Phi) is 4.96. The maximum atomic E-state index is 5.08. The first-order valence-corrected chi connectivity index (χ1v) is 13.6. The largest absolute Gasteiger partial charge is 0.253 e. The molecule has 8 rings (SSSR count). The van der Waals surface area contributed by atoms with E-state index in [0.717, 1.165) is 27.6 Å². The van der Waals surface area contributed by atoms with Crippen LogP contribution in [-0.4, -0.2) is 19.9 Å². The highest BCUT2D eigenvalue weighted by molar-refractivity contribution is 7.25. The molecular formula is C34H20N4S. The monoisotopic (exact) mass is 516 g/mol. The highest BCUT2D eigenvalue weighted by Crippen LogP contribution is 2.37. The molecule has 0 aliphatic heterocycles. The summed E-state index contributed by atoms with van der Waals surface area (Å²) in [5.74, 6) is 1.83. The molecule has 0 unspecified atom stereocenters. The number of benzene rings is 5. The molecule has 0 spiro atoms. The molecule has 182 valence electrons. The Hall–Kier alpha value is -5.00. The second-order valence-corrected chi connectivity index (χ2v) is 10.6. The molecule has 0 fully saturated rings. The van der Waals surface area contributed by atoms with Crippen molar-refractivity contribution in [3.8, 4) is 34.3 Å². The van der Waals surface area contributed by atoms with Crippen LogP contribution >= 0.6 is 11.3 Å². The summed E-state index contributed by atoms with van der Waals surface area (Å²) >= 11 is 1.80. The molecule has 0 bridgehead atoms. The van der Waals surface area contributed by atoms with Crippen LogP contribution in [0.4, 0.5) is 0 Å². The van der Waals surface area contributed by atoms with Gasteiger partial charge in [-0.25, -0.2) is 15.0 Å². The van der Waals surface area contributed by atoms with Gasteiger partial charge in [0.1, 0.15) is 5.69 Å². The van der Waals surface area contributed by atoms with Gasteiger partial charge in [-0.1, -0.05) is 78.9 Å². The van der Waals surface area contributed by atoms with Crippen LogP contribution in [0.1, 0.15) is 0 Å². The van der Waals surface area contributed by atoms with Crippen molar-refractivity contribution in [2.45, 2.75) is 0 Å². The SMILES string of the molecule is c1ccc(-c2nc(-c3ccc4sc5ccccc5c4c3)nc(-c3cccc4ccc5ccccc5c34)n2)nc1. The molecule has 0 aliphatic rings. The van der Waals surface area contributed by atoms with Crippen molar-refractivity contribution in [3.63, 3.8) is 0 Å². The first kappa shape index (κ1) is 22.0. The van der Waals surface area contributed by atoms with Crippen molar-refractivity contribution in [1.29, 1.82) is 0 Å². The third-order valence-electron chi connectivity index (χ3n) is 7.17. The number of nitrogens with zero attached hydrogens (tertiary/aromatic N) is 4. The highest BCUT2D eigenvalue weighted by Gasteiger charge is 2.17. The Labute approximate surface area is 228 Å². The summed E-state index contributed by atoms with van der Waals surface area (Å²) in [6.07, 6.45) is 1.77. The molecule has 4 nitrogen and oxygen atoms in total. The zero-order valence-electron chi connectivity index (χ0n) is 20.7. The molecule has 0 saturated carbocycles. The fraction of sp³-hybridized carbons (Fsp3) is 0. The fourth-order valence-electron chi connectivity index (χ4n) is 5.35. The maximum Gasteiger partial charge on any atom is 0.182 e. The van der Waals surface area contributed by atoms with E-state index in [9.17, 15) is 0 Å². The van der Waals surface area contributed by atoms with Gasteiger partial charge in [0.05, 0.1) is 0 Å². The summed E-state index contributed by atoms with van der Waals surface area (Å²) in [7, 11) is 0. The predicted octanol–water partition coefficient (Wildman–Crippen LogP) is 8.94. The standard InChI is InChI=1S/C34H20N4S/c1-2-10-24-21(8-1)15-16-22-9-7-12-26(31(22)24)33-36-32(37-34(38-33)28-13-5-6-19-35-28)23-17-18-30-27(20-23)25-11-3-4-14-29(25)39-30/h1-20H. The van der Waals surface area contributed by atoms with Crippen LogP contribution in [0.3, 0.4) is 0 Å². The van der Waals surface area contributed by atoms with Crippen LogP contribution in [0.15, 0.2) is 121 Å². The number of fused-ring (bicyclic) bond motifs is 6. The van der Waals surface area contributed by atoms with E-state index < -0.39 is 0 Å². The molecule has 0 atom stereocenters. The topological polar surface area (TPSA) is 51.6 Å². The highest BCUT2D eigenvalue weighted by atomic mass is 32.1. The van der Waals surface area contributed by atoms with E-state index in [-0.39, 0.29) is 0 Å². The smallest absolute Gasteiger partial charge is 0.182 e. The quantitative estimate of drug-likeness (QED) is 0.220. The zero-order valence-corrected chi connectivity index (χ0v) is 21.6. The number of aromatic nitrogens is 4. The molecule has 8 aromatic rings. The minimum absolute atomic E-state index is 0.558. The van der Waals surface area contributed by atoms with Gasteiger partial charge >= 0.3 is 0 Å². The van der Waals surface area contributed by atoms with E-state index >= 15 is 0 Å². The number of hydrogen-bond donors (Lipinski definition) is 0. The van der Waals surface area contributed by atoms with Crippen molar-refractivity contribution in [2.75, 3.05) is 0 Å². The van der Waals surface area contributed by atoms with Gasteiger partial charge < -0.3 is 0 Å². The van der Waals surface area contributed by atoms with Crippen LogP contribution < -0.4 is 0 Å². The third-order valence-corrected chi connectivity index (χ3v) is 8.33. The average Bonchev–Trinajstić information content (AvgIpc) is 3.39. The van der Waals surface area contributed by atoms with E-state index in [1.807, 2.05) is 18.2 Å². The maximum absolute atomic E-state index is 5.08. The lowest BCUT2D eigenvalue weighted by atomic mass is 9.97. The Balaban J connectivity index is 1.41. The molecule has 3 aromatic heterocycles. The summed E-state index contributed by atoms with van der Waals surface area (Å²) in [6.45, 7) is 0. The lowest BCUT2D eigenvalue weighted by Gasteiger charge is -2.12. The van der Waals surface area contributed by atoms with Gasteiger partial charge in [0.15, 0.2) is 17.5 Å². The second kappa shape index (κ2) is 8.79. The van der Waals surface area contributed by atoms with Crippen LogP contribution in [0.25, 0.3) is 76.0 Å². The molecule has 5 heteroatoms.